The molecule has 1 aliphatic heterocycles. The van der Waals surface area contributed by atoms with Crippen molar-refractivity contribution in [3.8, 4) is 11.5 Å². The van der Waals surface area contributed by atoms with Gasteiger partial charge in [-0.3, -0.25) is 9.59 Å². The summed E-state index contributed by atoms with van der Waals surface area (Å²) in [5.41, 5.74) is 1.71. The van der Waals surface area contributed by atoms with Gasteiger partial charge in [0, 0.05) is 17.7 Å². The van der Waals surface area contributed by atoms with Crippen LogP contribution in [0, 0.1) is 0 Å². The average Bonchev–Trinajstić information content (AvgIpc) is 3.00. The van der Waals surface area contributed by atoms with E-state index in [-0.39, 0.29) is 18.5 Å². The van der Waals surface area contributed by atoms with E-state index in [0.29, 0.717) is 22.7 Å². The lowest BCUT2D eigenvalue weighted by Gasteiger charge is -2.09. The molecule has 0 saturated heterocycles. The van der Waals surface area contributed by atoms with Crippen LogP contribution in [0.1, 0.15) is 22.8 Å². The van der Waals surface area contributed by atoms with Crippen LogP contribution in [0.3, 0.4) is 0 Å². The fourth-order valence-corrected chi connectivity index (χ4v) is 2.25. The lowest BCUT2D eigenvalue weighted by Crippen LogP contribution is -2.11. The van der Waals surface area contributed by atoms with E-state index < -0.39 is 0 Å². The van der Waals surface area contributed by atoms with E-state index in [2.05, 4.69) is 5.32 Å². The minimum atomic E-state index is -0.324. The molecule has 0 spiro atoms. The number of ketones is 1. The van der Waals surface area contributed by atoms with E-state index in [1.54, 1.807) is 18.2 Å². The molecule has 0 unspecified atom stereocenters. The van der Waals surface area contributed by atoms with E-state index in [1.165, 1.54) is 13.0 Å². The fraction of sp³-hybridized carbons (Fsp3) is 0.111. The van der Waals surface area contributed by atoms with Crippen molar-refractivity contribution in [2.24, 2.45) is 0 Å². The molecule has 5 heteroatoms. The number of amides is 1. The van der Waals surface area contributed by atoms with Crippen molar-refractivity contribution >= 4 is 23.5 Å². The summed E-state index contributed by atoms with van der Waals surface area (Å²) in [4.78, 5) is 23.8. The molecule has 0 fully saturated rings. The van der Waals surface area contributed by atoms with Crippen LogP contribution >= 0.6 is 0 Å². The van der Waals surface area contributed by atoms with Crippen molar-refractivity contribution in [1.29, 1.82) is 0 Å². The fourth-order valence-electron chi connectivity index (χ4n) is 2.25. The standard InChI is InChI=1S/C18H15NO4/c1-12(20)14-9-16-17(23-11-22-16)10-15(14)19-18(21)8-7-13-5-3-2-4-6-13/h2-10H,11H2,1H3,(H,19,21)/b8-7+. The third-order valence-electron chi connectivity index (χ3n) is 3.38. The van der Waals surface area contributed by atoms with Crippen LogP contribution in [0.4, 0.5) is 5.69 Å². The first-order valence-corrected chi connectivity index (χ1v) is 7.12. The number of hydrogen-bond acceptors (Lipinski definition) is 4. The normalized spacial score (nSPS) is 12.4. The van der Waals surface area contributed by atoms with Crippen molar-refractivity contribution in [3.63, 3.8) is 0 Å². The number of anilines is 1. The van der Waals surface area contributed by atoms with Gasteiger partial charge in [-0.2, -0.15) is 0 Å². The maximum atomic E-state index is 12.1. The molecule has 0 aromatic heterocycles. The van der Waals surface area contributed by atoms with Crippen LogP contribution < -0.4 is 14.8 Å². The lowest BCUT2D eigenvalue weighted by molar-refractivity contribution is -0.111. The molecule has 2 aromatic rings. The van der Waals surface area contributed by atoms with Gasteiger partial charge in [0.25, 0.3) is 0 Å². The Bertz CT molecular complexity index is 781. The third-order valence-corrected chi connectivity index (χ3v) is 3.38. The molecule has 1 amide bonds. The average molecular weight is 309 g/mol. The maximum absolute atomic E-state index is 12.1. The van der Waals surface area contributed by atoms with Gasteiger partial charge in [0.1, 0.15) is 0 Å². The molecule has 116 valence electrons. The second kappa shape index (κ2) is 6.36. The van der Waals surface area contributed by atoms with E-state index in [4.69, 9.17) is 9.47 Å². The summed E-state index contributed by atoms with van der Waals surface area (Å²) < 4.78 is 10.5. The number of fused-ring (bicyclic) bond motifs is 1. The summed E-state index contributed by atoms with van der Waals surface area (Å²) >= 11 is 0. The minimum Gasteiger partial charge on any atom is -0.454 e. The minimum absolute atomic E-state index is 0.109. The van der Waals surface area contributed by atoms with Crippen LogP contribution in [0.15, 0.2) is 48.5 Å². The van der Waals surface area contributed by atoms with Gasteiger partial charge < -0.3 is 14.8 Å². The molecular formula is C18H15NO4. The number of Topliss-reactive ketones (excluding diaryl/α,β-unsaturated/α-hetero) is 1. The molecule has 1 heterocycles. The van der Waals surface area contributed by atoms with Gasteiger partial charge in [0.05, 0.1) is 5.69 Å². The Morgan fingerprint density at radius 1 is 1.09 bits per heavy atom. The highest BCUT2D eigenvalue weighted by molar-refractivity contribution is 6.08. The number of ether oxygens (including phenoxy) is 2. The molecule has 23 heavy (non-hydrogen) atoms. The number of carbonyl (C=O) groups is 2. The van der Waals surface area contributed by atoms with Crippen LogP contribution in [-0.4, -0.2) is 18.5 Å². The Balaban J connectivity index is 1.80. The van der Waals surface area contributed by atoms with Crippen molar-refractivity contribution < 1.29 is 19.1 Å². The van der Waals surface area contributed by atoms with Crippen molar-refractivity contribution in [3.05, 3.63) is 59.7 Å². The molecule has 0 aliphatic carbocycles. The quantitative estimate of drug-likeness (QED) is 0.695. The van der Waals surface area contributed by atoms with Crippen molar-refractivity contribution in [2.45, 2.75) is 6.92 Å². The third kappa shape index (κ3) is 3.40. The molecule has 0 bridgehead atoms. The molecule has 1 N–H and O–H groups in total. The Labute approximate surface area is 133 Å². The second-order valence-electron chi connectivity index (χ2n) is 5.04. The summed E-state index contributed by atoms with van der Waals surface area (Å²) in [7, 11) is 0. The van der Waals surface area contributed by atoms with E-state index in [9.17, 15) is 9.59 Å². The highest BCUT2D eigenvalue weighted by atomic mass is 16.7. The zero-order valence-electron chi connectivity index (χ0n) is 12.5. The van der Waals surface area contributed by atoms with Gasteiger partial charge in [0.2, 0.25) is 12.7 Å². The monoisotopic (exact) mass is 309 g/mol. The van der Waals surface area contributed by atoms with Gasteiger partial charge in [0.15, 0.2) is 17.3 Å². The molecule has 1 aliphatic rings. The van der Waals surface area contributed by atoms with E-state index in [0.717, 1.165) is 5.56 Å². The molecule has 3 rings (SSSR count). The first-order valence-electron chi connectivity index (χ1n) is 7.12. The maximum Gasteiger partial charge on any atom is 0.248 e. The molecule has 5 nitrogen and oxygen atoms in total. The predicted octanol–water partition coefficient (Wildman–Crippen LogP) is 3.27. The summed E-state index contributed by atoms with van der Waals surface area (Å²) in [5.74, 6) is 0.534. The van der Waals surface area contributed by atoms with Crippen LogP contribution in [0.5, 0.6) is 11.5 Å². The number of nitrogens with one attached hydrogen (secondary N) is 1. The van der Waals surface area contributed by atoms with Crippen molar-refractivity contribution in [1.82, 2.24) is 0 Å². The number of hydrogen-bond donors (Lipinski definition) is 1. The molecule has 0 saturated carbocycles. The van der Waals surface area contributed by atoms with Gasteiger partial charge >= 0.3 is 0 Å². The van der Waals surface area contributed by atoms with Crippen molar-refractivity contribution in [2.75, 3.05) is 12.1 Å². The van der Waals surface area contributed by atoms with Crippen LogP contribution in [0.25, 0.3) is 6.08 Å². The van der Waals surface area contributed by atoms with Crippen LogP contribution in [0.2, 0.25) is 0 Å². The Kier molecular flexibility index (Phi) is 4.10. The second-order valence-corrected chi connectivity index (χ2v) is 5.04. The first kappa shape index (κ1) is 14.8. The van der Waals surface area contributed by atoms with E-state index >= 15 is 0 Å². The molecule has 0 radical (unpaired) electrons. The van der Waals surface area contributed by atoms with Gasteiger partial charge in [-0.25, -0.2) is 0 Å². The number of rotatable bonds is 4. The molecule has 0 atom stereocenters. The largest absolute Gasteiger partial charge is 0.454 e. The molecule has 2 aromatic carbocycles. The number of benzene rings is 2. The van der Waals surface area contributed by atoms with Crippen LogP contribution in [-0.2, 0) is 4.79 Å². The number of carbonyl (C=O) groups excluding carboxylic acids is 2. The zero-order valence-corrected chi connectivity index (χ0v) is 12.5. The summed E-state index contributed by atoms with van der Waals surface area (Å²) in [5, 5.41) is 2.71. The van der Waals surface area contributed by atoms with Gasteiger partial charge in [-0.1, -0.05) is 30.3 Å². The highest BCUT2D eigenvalue weighted by Crippen LogP contribution is 2.37. The van der Waals surface area contributed by atoms with Gasteiger partial charge in [-0.05, 0) is 24.6 Å². The summed E-state index contributed by atoms with van der Waals surface area (Å²) in [6.07, 6.45) is 3.12. The first-order chi connectivity index (χ1) is 11.1. The Hall–Kier alpha value is -3.08. The summed E-state index contributed by atoms with van der Waals surface area (Å²) in [6, 6.07) is 12.7. The SMILES string of the molecule is CC(=O)c1cc2c(cc1NC(=O)/C=C/c1ccccc1)OCO2. The van der Waals surface area contributed by atoms with Gasteiger partial charge in [-0.15, -0.1) is 0 Å². The lowest BCUT2D eigenvalue weighted by atomic mass is 10.1. The molecular weight excluding hydrogens is 294 g/mol. The highest BCUT2D eigenvalue weighted by Gasteiger charge is 2.19. The summed E-state index contributed by atoms with van der Waals surface area (Å²) in [6.45, 7) is 1.55. The predicted molar refractivity (Wildman–Crippen MR) is 86.7 cm³/mol. The zero-order chi connectivity index (χ0) is 16.2. The van der Waals surface area contributed by atoms with E-state index in [1.807, 2.05) is 30.3 Å². The topological polar surface area (TPSA) is 64.6 Å². The Morgan fingerprint density at radius 3 is 2.48 bits per heavy atom. The Morgan fingerprint density at radius 2 is 1.78 bits per heavy atom. The smallest absolute Gasteiger partial charge is 0.248 e.